The molecule has 1 aromatic heterocycles. The molecule has 0 amide bonds. The van der Waals surface area contributed by atoms with E-state index in [1.54, 1.807) is 0 Å². The Bertz CT molecular complexity index is 495. The number of benzene rings is 1. The van der Waals surface area contributed by atoms with E-state index in [1.165, 1.54) is 11.3 Å². The van der Waals surface area contributed by atoms with Crippen LogP contribution in [0.4, 0.5) is 0 Å². The van der Waals surface area contributed by atoms with Crippen LogP contribution in [0.1, 0.15) is 36.7 Å². The lowest BCUT2D eigenvalue weighted by molar-refractivity contribution is 0.819. The molecular weight excluding hydrogens is 196 g/mol. The molecule has 16 heavy (non-hydrogen) atoms. The van der Waals surface area contributed by atoms with E-state index in [9.17, 15) is 0 Å². The summed E-state index contributed by atoms with van der Waals surface area (Å²) in [7, 11) is 0. The number of aryl methyl sites for hydroxylation is 2. The standard InChI is InChI=1S/C14H18N2/c1-10(2)13-6-5-7-14(9-13)16-12(4)8-11(3)15-16/h5-10H,1-4H3. The maximum absolute atomic E-state index is 4.50. The fourth-order valence-electron chi connectivity index (χ4n) is 1.91. The van der Waals surface area contributed by atoms with Crippen LogP contribution in [0.15, 0.2) is 30.3 Å². The molecule has 84 valence electrons. The van der Waals surface area contributed by atoms with E-state index in [-0.39, 0.29) is 0 Å². The van der Waals surface area contributed by atoms with Gasteiger partial charge in [0.15, 0.2) is 0 Å². The molecule has 0 aliphatic rings. The van der Waals surface area contributed by atoms with Gasteiger partial charge in [-0.15, -0.1) is 0 Å². The van der Waals surface area contributed by atoms with Crippen molar-refractivity contribution in [3.63, 3.8) is 0 Å². The summed E-state index contributed by atoms with van der Waals surface area (Å²) in [6.45, 7) is 8.53. The van der Waals surface area contributed by atoms with Crippen LogP contribution in [-0.2, 0) is 0 Å². The van der Waals surface area contributed by atoms with Gasteiger partial charge in [-0.1, -0.05) is 26.0 Å². The zero-order valence-corrected chi connectivity index (χ0v) is 10.4. The first-order valence-electron chi connectivity index (χ1n) is 5.71. The first kappa shape index (κ1) is 10.9. The highest BCUT2D eigenvalue weighted by molar-refractivity contribution is 5.38. The summed E-state index contributed by atoms with van der Waals surface area (Å²) in [6.07, 6.45) is 0. The third-order valence-electron chi connectivity index (χ3n) is 2.79. The van der Waals surface area contributed by atoms with Gasteiger partial charge in [-0.25, -0.2) is 4.68 Å². The van der Waals surface area contributed by atoms with Gasteiger partial charge in [0.2, 0.25) is 0 Å². The molecule has 1 heterocycles. The predicted molar refractivity (Wildman–Crippen MR) is 67.1 cm³/mol. The smallest absolute Gasteiger partial charge is 0.0651 e. The van der Waals surface area contributed by atoms with Crippen LogP contribution in [-0.4, -0.2) is 9.78 Å². The van der Waals surface area contributed by atoms with Crippen molar-refractivity contribution in [3.05, 3.63) is 47.3 Å². The largest absolute Gasteiger partial charge is 0.238 e. The topological polar surface area (TPSA) is 17.8 Å². The summed E-state index contributed by atoms with van der Waals surface area (Å²) >= 11 is 0. The highest BCUT2D eigenvalue weighted by Crippen LogP contribution is 2.19. The number of aromatic nitrogens is 2. The zero-order chi connectivity index (χ0) is 11.7. The molecule has 0 atom stereocenters. The fourth-order valence-corrected chi connectivity index (χ4v) is 1.91. The number of hydrogen-bond acceptors (Lipinski definition) is 1. The molecule has 0 N–H and O–H groups in total. The second-order valence-electron chi connectivity index (χ2n) is 4.59. The van der Waals surface area contributed by atoms with Gasteiger partial charge in [0.25, 0.3) is 0 Å². The molecule has 2 aromatic rings. The summed E-state index contributed by atoms with van der Waals surface area (Å²) in [6, 6.07) is 10.7. The maximum atomic E-state index is 4.50. The zero-order valence-electron chi connectivity index (χ0n) is 10.4. The monoisotopic (exact) mass is 214 g/mol. The minimum atomic E-state index is 0.553. The summed E-state index contributed by atoms with van der Waals surface area (Å²) in [5, 5.41) is 4.50. The minimum Gasteiger partial charge on any atom is -0.238 e. The van der Waals surface area contributed by atoms with E-state index in [1.807, 2.05) is 11.6 Å². The van der Waals surface area contributed by atoms with Crippen LogP contribution in [0.2, 0.25) is 0 Å². The van der Waals surface area contributed by atoms with E-state index < -0.39 is 0 Å². The van der Waals surface area contributed by atoms with Crippen LogP contribution in [0.25, 0.3) is 5.69 Å². The third-order valence-corrected chi connectivity index (χ3v) is 2.79. The molecule has 0 bridgehead atoms. The molecule has 0 aliphatic heterocycles. The normalized spacial score (nSPS) is 11.1. The number of hydrogen-bond donors (Lipinski definition) is 0. The van der Waals surface area contributed by atoms with E-state index in [0.717, 1.165) is 11.4 Å². The molecule has 0 unspecified atom stereocenters. The van der Waals surface area contributed by atoms with Crippen LogP contribution < -0.4 is 0 Å². The van der Waals surface area contributed by atoms with E-state index in [2.05, 4.69) is 56.2 Å². The van der Waals surface area contributed by atoms with Crippen molar-refractivity contribution >= 4 is 0 Å². The molecule has 0 radical (unpaired) electrons. The SMILES string of the molecule is Cc1cc(C)n(-c2cccc(C(C)C)c2)n1. The van der Waals surface area contributed by atoms with Gasteiger partial charge in [0, 0.05) is 5.69 Å². The molecule has 0 spiro atoms. The fraction of sp³-hybridized carbons (Fsp3) is 0.357. The maximum Gasteiger partial charge on any atom is 0.0651 e. The van der Waals surface area contributed by atoms with Crippen molar-refractivity contribution in [2.75, 3.05) is 0 Å². The number of nitrogens with zero attached hydrogens (tertiary/aromatic N) is 2. The van der Waals surface area contributed by atoms with Gasteiger partial charge >= 0.3 is 0 Å². The Kier molecular flexibility index (Phi) is 2.82. The van der Waals surface area contributed by atoms with Crippen molar-refractivity contribution in [1.29, 1.82) is 0 Å². The Labute approximate surface area is 96.9 Å². The Morgan fingerprint density at radius 1 is 1.12 bits per heavy atom. The summed E-state index contributed by atoms with van der Waals surface area (Å²) in [4.78, 5) is 0. The minimum absolute atomic E-state index is 0.553. The molecule has 2 rings (SSSR count). The van der Waals surface area contributed by atoms with Crippen molar-refractivity contribution < 1.29 is 0 Å². The van der Waals surface area contributed by atoms with Gasteiger partial charge in [0.05, 0.1) is 11.4 Å². The second kappa shape index (κ2) is 4.12. The Balaban J connectivity index is 2.48. The summed E-state index contributed by atoms with van der Waals surface area (Å²) in [5.74, 6) is 0.553. The second-order valence-corrected chi connectivity index (χ2v) is 4.59. The third kappa shape index (κ3) is 2.01. The average molecular weight is 214 g/mol. The van der Waals surface area contributed by atoms with Crippen molar-refractivity contribution in [3.8, 4) is 5.69 Å². The first-order valence-corrected chi connectivity index (χ1v) is 5.71. The van der Waals surface area contributed by atoms with Crippen LogP contribution in [0.5, 0.6) is 0 Å². The van der Waals surface area contributed by atoms with Crippen molar-refractivity contribution in [1.82, 2.24) is 9.78 Å². The van der Waals surface area contributed by atoms with Gasteiger partial charge in [-0.05, 0) is 43.5 Å². The van der Waals surface area contributed by atoms with Crippen molar-refractivity contribution in [2.24, 2.45) is 0 Å². The molecule has 0 saturated heterocycles. The molecule has 1 aromatic carbocycles. The Hall–Kier alpha value is -1.57. The van der Waals surface area contributed by atoms with Crippen molar-refractivity contribution in [2.45, 2.75) is 33.6 Å². The van der Waals surface area contributed by atoms with E-state index >= 15 is 0 Å². The summed E-state index contributed by atoms with van der Waals surface area (Å²) in [5.41, 5.74) is 4.74. The molecule has 0 saturated carbocycles. The lowest BCUT2D eigenvalue weighted by Crippen LogP contribution is -2.00. The number of rotatable bonds is 2. The lowest BCUT2D eigenvalue weighted by Gasteiger charge is -2.09. The predicted octanol–water partition coefficient (Wildman–Crippen LogP) is 3.61. The van der Waals surface area contributed by atoms with Crippen LogP contribution in [0, 0.1) is 13.8 Å². The van der Waals surface area contributed by atoms with Gasteiger partial charge < -0.3 is 0 Å². The quantitative estimate of drug-likeness (QED) is 0.746. The molecule has 2 heteroatoms. The van der Waals surface area contributed by atoms with Crippen LogP contribution >= 0.6 is 0 Å². The van der Waals surface area contributed by atoms with Crippen LogP contribution in [0.3, 0.4) is 0 Å². The van der Waals surface area contributed by atoms with Gasteiger partial charge in [-0.3, -0.25) is 0 Å². The molecule has 2 nitrogen and oxygen atoms in total. The van der Waals surface area contributed by atoms with E-state index in [0.29, 0.717) is 5.92 Å². The lowest BCUT2D eigenvalue weighted by atomic mass is 10.0. The highest BCUT2D eigenvalue weighted by atomic mass is 15.3. The molecule has 0 aliphatic carbocycles. The first-order chi connectivity index (χ1) is 7.58. The van der Waals surface area contributed by atoms with E-state index in [4.69, 9.17) is 0 Å². The molecular formula is C14H18N2. The molecule has 0 fully saturated rings. The summed E-state index contributed by atoms with van der Waals surface area (Å²) < 4.78 is 2.00. The van der Waals surface area contributed by atoms with Gasteiger partial charge in [-0.2, -0.15) is 5.10 Å². The average Bonchev–Trinajstić information content (AvgIpc) is 2.58. The Morgan fingerprint density at radius 2 is 1.88 bits per heavy atom. The Morgan fingerprint density at radius 3 is 2.44 bits per heavy atom. The highest BCUT2D eigenvalue weighted by Gasteiger charge is 2.05. The van der Waals surface area contributed by atoms with Gasteiger partial charge in [0.1, 0.15) is 0 Å².